The summed E-state index contributed by atoms with van der Waals surface area (Å²) in [6.07, 6.45) is 0. The van der Waals surface area contributed by atoms with Crippen molar-refractivity contribution < 1.29 is 9.18 Å². The number of amides is 2. The topological polar surface area (TPSA) is 46.3 Å². The molecule has 0 bridgehead atoms. The van der Waals surface area contributed by atoms with Crippen molar-refractivity contribution in [1.82, 2.24) is 4.90 Å². The standard InChI is InChI=1S/C9H10ClFN2O/c1-13(9(12)14)5-6-4-7(10)2-3-8(6)11/h2-4H,5H2,1H3,(H2,12,14). The first-order valence-electron chi connectivity index (χ1n) is 3.95. The number of nitrogens with zero attached hydrogens (tertiary/aromatic N) is 1. The summed E-state index contributed by atoms with van der Waals surface area (Å²) in [7, 11) is 1.49. The minimum atomic E-state index is -0.607. The fourth-order valence-electron chi connectivity index (χ4n) is 0.998. The van der Waals surface area contributed by atoms with Gasteiger partial charge in [0, 0.05) is 24.2 Å². The maximum Gasteiger partial charge on any atom is 0.314 e. The lowest BCUT2D eigenvalue weighted by Gasteiger charge is -2.14. The molecule has 14 heavy (non-hydrogen) atoms. The van der Waals surface area contributed by atoms with E-state index in [2.05, 4.69) is 0 Å². The van der Waals surface area contributed by atoms with Gasteiger partial charge in [-0.05, 0) is 18.2 Å². The van der Waals surface area contributed by atoms with Crippen molar-refractivity contribution in [2.24, 2.45) is 5.73 Å². The maximum atomic E-state index is 13.2. The average molecular weight is 217 g/mol. The third kappa shape index (κ3) is 2.60. The molecule has 0 unspecified atom stereocenters. The second kappa shape index (κ2) is 4.28. The van der Waals surface area contributed by atoms with Gasteiger partial charge in [0.05, 0.1) is 0 Å². The van der Waals surface area contributed by atoms with E-state index < -0.39 is 11.8 Å². The fraction of sp³-hybridized carbons (Fsp3) is 0.222. The highest BCUT2D eigenvalue weighted by molar-refractivity contribution is 6.30. The smallest absolute Gasteiger partial charge is 0.314 e. The second-order valence-corrected chi connectivity index (χ2v) is 3.37. The van der Waals surface area contributed by atoms with Gasteiger partial charge in [-0.1, -0.05) is 11.6 Å². The number of nitrogens with two attached hydrogens (primary N) is 1. The van der Waals surface area contributed by atoms with Crippen molar-refractivity contribution in [1.29, 1.82) is 0 Å². The van der Waals surface area contributed by atoms with E-state index in [0.29, 0.717) is 10.6 Å². The summed E-state index contributed by atoms with van der Waals surface area (Å²) in [4.78, 5) is 11.9. The highest BCUT2D eigenvalue weighted by atomic mass is 35.5. The van der Waals surface area contributed by atoms with Crippen LogP contribution in [-0.2, 0) is 6.54 Å². The molecule has 0 fully saturated rings. The van der Waals surface area contributed by atoms with Gasteiger partial charge in [-0.15, -0.1) is 0 Å². The van der Waals surface area contributed by atoms with Gasteiger partial charge in [0.15, 0.2) is 0 Å². The van der Waals surface area contributed by atoms with E-state index in [1.54, 1.807) is 0 Å². The van der Waals surface area contributed by atoms with Crippen LogP contribution in [0.1, 0.15) is 5.56 Å². The molecule has 0 aliphatic heterocycles. The van der Waals surface area contributed by atoms with Crippen molar-refractivity contribution in [2.45, 2.75) is 6.54 Å². The van der Waals surface area contributed by atoms with Gasteiger partial charge in [-0.25, -0.2) is 9.18 Å². The quantitative estimate of drug-likeness (QED) is 0.808. The Kier molecular flexibility index (Phi) is 3.30. The molecule has 1 aromatic rings. The number of rotatable bonds is 2. The van der Waals surface area contributed by atoms with Crippen molar-refractivity contribution in [3.05, 3.63) is 34.6 Å². The first kappa shape index (κ1) is 10.8. The lowest BCUT2D eigenvalue weighted by Crippen LogP contribution is -2.31. The molecule has 2 amide bonds. The Labute approximate surface area is 86.3 Å². The lowest BCUT2D eigenvalue weighted by atomic mass is 10.2. The number of hydrogen-bond acceptors (Lipinski definition) is 1. The largest absolute Gasteiger partial charge is 0.351 e. The van der Waals surface area contributed by atoms with Crippen LogP contribution in [0.15, 0.2) is 18.2 Å². The molecule has 0 aliphatic carbocycles. The molecule has 0 radical (unpaired) electrons. The number of urea groups is 1. The van der Waals surface area contributed by atoms with Gasteiger partial charge < -0.3 is 10.6 Å². The normalized spacial score (nSPS) is 9.93. The fourth-order valence-corrected chi connectivity index (χ4v) is 1.19. The highest BCUT2D eigenvalue weighted by Gasteiger charge is 2.08. The zero-order valence-electron chi connectivity index (χ0n) is 7.63. The number of carbonyl (C=O) groups excluding carboxylic acids is 1. The Hall–Kier alpha value is -1.29. The van der Waals surface area contributed by atoms with E-state index in [0.717, 1.165) is 0 Å². The minimum Gasteiger partial charge on any atom is -0.351 e. The third-order valence-corrected chi connectivity index (χ3v) is 2.03. The van der Waals surface area contributed by atoms with Gasteiger partial charge in [-0.3, -0.25) is 0 Å². The van der Waals surface area contributed by atoms with Gasteiger partial charge >= 0.3 is 6.03 Å². The molecule has 0 heterocycles. The van der Waals surface area contributed by atoms with E-state index in [1.807, 2.05) is 0 Å². The molecule has 0 atom stereocenters. The van der Waals surface area contributed by atoms with Gasteiger partial charge in [0.1, 0.15) is 5.82 Å². The number of halogens is 2. The molecule has 0 aromatic heterocycles. The van der Waals surface area contributed by atoms with E-state index in [-0.39, 0.29) is 6.54 Å². The van der Waals surface area contributed by atoms with Crippen molar-refractivity contribution in [3.63, 3.8) is 0 Å². The molecule has 1 rings (SSSR count). The van der Waals surface area contributed by atoms with Gasteiger partial charge in [0.2, 0.25) is 0 Å². The number of carbonyl (C=O) groups is 1. The van der Waals surface area contributed by atoms with Crippen LogP contribution in [0.25, 0.3) is 0 Å². The molecule has 76 valence electrons. The molecule has 0 saturated carbocycles. The first-order valence-corrected chi connectivity index (χ1v) is 4.33. The maximum absolute atomic E-state index is 13.2. The van der Waals surface area contributed by atoms with Crippen molar-refractivity contribution in [3.8, 4) is 0 Å². The minimum absolute atomic E-state index is 0.113. The first-order chi connectivity index (χ1) is 6.50. The van der Waals surface area contributed by atoms with E-state index in [9.17, 15) is 9.18 Å². The Morgan fingerprint density at radius 3 is 2.86 bits per heavy atom. The van der Waals surface area contributed by atoms with Crippen LogP contribution >= 0.6 is 11.6 Å². The third-order valence-electron chi connectivity index (χ3n) is 1.79. The summed E-state index contributed by atoms with van der Waals surface area (Å²) >= 11 is 5.68. The number of benzene rings is 1. The Balaban J connectivity index is 2.85. The Bertz CT molecular complexity index is 357. The number of hydrogen-bond donors (Lipinski definition) is 1. The van der Waals surface area contributed by atoms with Gasteiger partial charge in [-0.2, -0.15) is 0 Å². The van der Waals surface area contributed by atoms with Crippen LogP contribution in [-0.4, -0.2) is 18.0 Å². The number of primary amides is 1. The molecule has 0 saturated heterocycles. The summed E-state index contributed by atoms with van der Waals surface area (Å²) in [5, 5.41) is 0.430. The van der Waals surface area contributed by atoms with Gasteiger partial charge in [0.25, 0.3) is 0 Å². The van der Waals surface area contributed by atoms with E-state index >= 15 is 0 Å². The molecule has 5 heteroatoms. The van der Waals surface area contributed by atoms with Crippen LogP contribution in [0.3, 0.4) is 0 Å². The predicted molar refractivity (Wildman–Crippen MR) is 52.5 cm³/mol. The molecular weight excluding hydrogens is 207 g/mol. The Morgan fingerprint density at radius 2 is 2.29 bits per heavy atom. The summed E-state index contributed by atoms with van der Waals surface area (Å²) in [6, 6.07) is 3.57. The summed E-state index contributed by atoms with van der Waals surface area (Å²) in [6.45, 7) is 0.113. The van der Waals surface area contributed by atoms with Crippen LogP contribution in [0, 0.1) is 5.82 Å². The van der Waals surface area contributed by atoms with E-state index in [4.69, 9.17) is 17.3 Å². The molecular formula is C9H10ClFN2O. The SMILES string of the molecule is CN(Cc1cc(Cl)ccc1F)C(N)=O. The zero-order chi connectivity index (χ0) is 10.7. The molecule has 2 N–H and O–H groups in total. The molecule has 1 aromatic carbocycles. The zero-order valence-corrected chi connectivity index (χ0v) is 8.38. The highest BCUT2D eigenvalue weighted by Crippen LogP contribution is 2.15. The van der Waals surface area contributed by atoms with Crippen LogP contribution < -0.4 is 5.73 Å². The average Bonchev–Trinajstić information content (AvgIpc) is 2.11. The summed E-state index contributed by atoms with van der Waals surface area (Å²) in [5.74, 6) is -0.400. The van der Waals surface area contributed by atoms with Crippen LogP contribution in [0.2, 0.25) is 5.02 Å². The van der Waals surface area contributed by atoms with Crippen LogP contribution in [0.4, 0.5) is 9.18 Å². The van der Waals surface area contributed by atoms with Crippen molar-refractivity contribution in [2.75, 3.05) is 7.05 Å². The predicted octanol–water partition coefficient (Wildman–Crippen LogP) is 1.99. The lowest BCUT2D eigenvalue weighted by molar-refractivity contribution is 0.216. The Morgan fingerprint density at radius 1 is 1.64 bits per heavy atom. The van der Waals surface area contributed by atoms with Crippen LogP contribution in [0.5, 0.6) is 0 Å². The summed E-state index contributed by atoms with van der Waals surface area (Å²) < 4.78 is 13.2. The molecule has 0 spiro atoms. The summed E-state index contributed by atoms with van der Waals surface area (Å²) in [5.41, 5.74) is 5.35. The monoisotopic (exact) mass is 216 g/mol. The van der Waals surface area contributed by atoms with Crippen molar-refractivity contribution >= 4 is 17.6 Å². The van der Waals surface area contributed by atoms with E-state index in [1.165, 1.54) is 30.1 Å². The molecule has 3 nitrogen and oxygen atoms in total. The second-order valence-electron chi connectivity index (χ2n) is 2.93. The molecule has 0 aliphatic rings.